The number of nitro benzene ring substituents is 1. The lowest BCUT2D eigenvalue weighted by atomic mass is 9.95. The van der Waals surface area contributed by atoms with E-state index in [-0.39, 0.29) is 11.3 Å². The van der Waals surface area contributed by atoms with Crippen molar-refractivity contribution in [3.05, 3.63) is 81.4 Å². The smallest absolute Gasteiger partial charge is 0.295 e. The summed E-state index contributed by atoms with van der Waals surface area (Å²) in [5.74, 6) is -2.03. The summed E-state index contributed by atoms with van der Waals surface area (Å²) in [5, 5.41) is 24.3. The fourth-order valence-corrected chi connectivity index (χ4v) is 4.38. The van der Waals surface area contributed by atoms with E-state index in [1.165, 1.54) is 34.1 Å². The van der Waals surface area contributed by atoms with Crippen LogP contribution in [-0.2, 0) is 14.3 Å². The Bertz CT molecular complexity index is 1060. The highest BCUT2D eigenvalue weighted by Crippen LogP contribution is 2.39. The Hall–Kier alpha value is -3.56. The van der Waals surface area contributed by atoms with Crippen molar-refractivity contribution < 1.29 is 29.3 Å². The highest BCUT2D eigenvalue weighted by Gasteiger charge is 2.44. The molecule has 1 atom stereocenters. The molecule has 2 aromatic rings. The number of hydrogen-bond donors (Lipinski definition) is 1. The normalized spacial score (nSPS) is 20.8. The molecule has 172 valence electrons. The fourth-order valence-electron chi connectivity index (χ4n) is 4.38. The van der Waals surface area contributed by atoms with Gasteiger partial charge in [0.2, 0.25) is 5.78 Å². The van der Waals surface area contributed by atoms with Crippen molar-refractivity contribution in [2.45, 2.75) is 12.5 Å². The number of rotatable bonds is 7. The molecule has 0 aromatic heterocycles. The van der Waals surface area contributed by atoms with E-state index >= 15 is 0 Å². The first kappa shape index (κ1) is 22.6. The maximum atomic E-state index is 13.3. The predicted octanol–water partition coefficient (Wildman–Crippen LogP) is 0.124. The van der Waals surface area contributed by atoms with Gasteiger partial charge in [-0.05, 0) is 23.3 Å². The molecule has 9 nitrogen and oxygen atoms in total. The molecule has 0 aliphatic carbocycles. The average molecular weight is 451 g/mol. The molecule has 1 N–H and O–H groups in total. The maximum Gasteiger partial charge on any atom is 0.295 e. The van der Waals surface area contributed by atoms with Crippen LogP contribution in [-0.4, -0.2) is 60.9 Å². The van der Waals surface area contributed by atoms with E-state index in [1.54, 1.807) is 30.3 Å². The van der Waals surface area contributed by atoms with E-state index < -0.39 is 28.4 Å². The lowest BCUT2D eigenvalue weighted by molar-refractivity contribution is -0.908. The van der Waals surface area contributed by atoms with Crippen molar-refractivity contribution in [2.75, 3.05) is 39.4 Å². The third-order valence-corrected chi connectivity index (χ3v) is 6.11. The Morgan fingerprint density at radius 3 is 2.36 bits per heavy atom. The van der Waals surface area contributed by atoms with Gasteiger partial charge in [0.15, 0.2) is 0 Å². The first-order valence-corrected chi connectivity index (χ1v) is 10.9. The lowest BCUT2D eigenvalue weighted by Crippen LogP contribution is -3.14. The Balaban J connectivity index is 1.67. The Labute approximate surface area is 191 Å². The number of non-ortho nitro benzene ring substituents is 1. The van der Waals surface area contributed by atoms with Gasteiger partial charge in [-0.15, -0.1) is 0 Å². The number of ether oxygens (including phenoxy) is 1. The zero-order valence-corrected chi connectivity index (χ0v) is 18.1. The van der Waals surface area contributed by atoms with Gasteiger partial charge < -0.3 is 19.6 Å². The molecule has 2 aromatic carbocycles. The standard InChI is InChI=1S/C24H25N3O6/c28-22(18-5-2-1-3-6-18)20-21(17-7-9-19(10-8-17)27(31)32)26(24(30)23(20)29)12-4-11-25-13-15-33-16-14-25/h1-3,5-10,21,28H,4,11-16H2. The number of quaternary nitrogens is 1. The summed E-state index contributed by atoms with van der Waals surface area (Å²) in [7, 11) is 0. The number of Topliss-reactive ketones (excluding diaryl/α,β-unsaturated/α-hetero) is 1. The Morgan fingerprint density at radius 2 is 1.73 bits per heavy atom. The number of carbonyl (C=O) groups excluding carboxylic acids is 2. The van der Waals surface area contributed by atoms with Gasteiger partial charge in [-0.2, -0.15) is 0 Å². The summed E-state index contributed by atoms with van der Waals surface area (Å²) in [6.45, 7) is 4.31. The van der Waals surface area contributed by atoms with Crippen molar-refractivity contribution in [3.63, 3.8) is 0 Å². The van der Waals surface area contributed by atoms with E-state index in [1.807, 2.05) is 0 Å². The zero-order chi connectivity index (χ0) is 23.4. The topological polar surface area (TPSA) is 117 Å². The number of benzene rings is 2. The summed E-state index contributed by atoms with van der Waals surface area (Å²) >= 11 is 0. The molecule has 2 aliphatic heterocycles. The van der Waals surface area contributed by atoms with Gasteiger partial charge in [-0.3, -0.25) is 19.7 Å². The molecule has 2 fully saturated rings. The number of amides is 1. The molecule has 0 saturated carbocycles. The number of likely N-dealkylation sites (tertiary alicyclic amines) is 1. The van der Waals surface area contributed by atoms with Crippen LogP contribution < -0.4 is 10.0 Å². The first-order chi connectivity index (χ1) is 16.0. The second-order valence-corrected chi connectivity index (χ2v) is 8.15. The van der Waals surface area contributed by atoms with Crippen molar-refractivity contribution >= 4 is 23.1 Å². The minimum atomic E-state index is -0.877. The van der Waals surface area contributed by atoms with Gasteiger partial charge in [0.05, 0.1) is 30.7 Å². The number of morpholine rings is 1. The Kier molecular flexibility index (Phi) is 6.81. The lowest BCUT2D eigenvalue weighted by Gasteiger charge is -2.29. The van der Waals surface area contributed by atoms with Crippen LogP contribution in [0.1, 0.15) is 23.6 Å². The molecule has 4 rings (SSSR count). The van der Waals surface area contributed by atoms with E-state index in [9.17, 15) is 24.8 Å². The molecule has 1 amide bonds. The Morgan fingerprint density at radius 1 is 1.06 bits per heavy atom. The van der Waals surface area contributed by atoms with E-state index in [2.05, 4.69) is 0 Å². The summed E-state index contributed by atoms with van der Waals surface area (Å²) in [6.07, 6.45) is 0.657. The van der Waals surface area contributed by atoms with Crippen molar-refractivity contribution in [2.24, 2.45) is 0 Å². The van der Waals surface area contributed by atoms with Crippen LogP contribution in [0.4, 0.5) is 5.69 Å². The summed E-state index contributed by atoms with van der Waals surface area (Å²) < 4.78 is 5.38. The van der Waals surface area contributed by atoms with Gasteiger partial charge >= 0.3 is 0 Å². The van der Waals surface area contributed by atoms with Crippen molar-refractivity contribution in [3.8, 4) is 0 Å². The van der Waals surface area contributed by atoms with Crippen molar-refractivity contribution in [1.29, 1.82) is 0 Å². The van der Waals surface area contributed by atoms with Crippen LogP contribution in [0.15, 0.2) is 60.2 Å². The number of nitrogens with zero attached hydrogens (tertiary/aromatic N) is 2. The zero-order valence-electron chi connectivity index (χ0n) is 18.1. The van der Waals surface area contributed by atoms with Crippen molar-refractivity contribution in [1.82, 2.24) is 4.90 Å². The summed E-state index contributed by atoms with van der Waals surface area (Å²) in [4.78, 5) is 39.3. The van der Waals surface area contributed by atoms with E-state index in [0.29, 0.717) is 37.3 Å². The predicted molar refractivity (Wildman–Crippen MR) is 117 cm³/mol. The average Bonchev–Trinajstić information content (AvgIpc) is 3.10. The summed E-state index contributed by atoms with van der Waals surface area (Å²) in [5.41, 5.74) is 0.601. The van der Waals surface area contributed by atoms with Crippen LogP contribution in [0.2, 0.25) is 0 Å². The van der Waals surface area contributed by atoms with Crippen LogP contribution in [0.25, 0.3) is 5.76 Å². The minimum absolute atomic E-state index is 0.104. The highest BCUT2D eigenvalue weighted by molar-refractivity contribution is 6.46. The van der Waals surface area contributed by atoms with E-state index in [0.717, 1.165) is 19.6 Å². The van der Waals surface area contributed by atoms with Gasteiger partial charge in [0.25, 0.3) is 11.6 Å². The number of ketones is 1. The molecule has 9 heteroatoms. The number of carbonyl (C=O) groups is 2. The van der Waals surface area contributed by atoms with Gasteiger partial charge in [0.1, 0.15) is 13.1 Å². The minimum Gasteiger partial charge on any atom is -0.872 e. The molecule has 1 unspecified atom stereocenters. The molecular weight excluding hydrogens is 426 g/mol. The highest BCUT2D eigenvalue weighted by atomic mass is 16.6. The number of hydrogen-bond acceptors (Lipinski definition) is 6. The SMILES string of the molecule is O=C1C(=O)N(CCC[NH+]2CCOCC2)C(c2ccc([N+](=O)[O-])cc2)C1=C([O-])c1ccccc1. The van der Waals surface area contributed by atoms with Gasteiger partial charge in [-0.25, -0.2) is 0 Å². The number of nitro groups is 1. The second-order valence-electron chi connectivity index (χ2n) is 8.15. The molecule has 33 heavy (non-hydrogen) atoms. The third kappa shape index (κ3) is 4.79. The number of nitrogens with one attached hydrogen (secondary N) is 1. The first-order valence-electron chi connectivity index (χ1n) is 10.9. The molecular formula is C24H25N3O6. The van der Waals surface area contributed by atoms with Crippen LogP contribution in [0.5, 0.6) is 0 Å². The second kappa shape index (κ2) is 9.93. The largest absolute Gasteiger partial charge is 0.872 e. The fraction of sp³-hybridized carbons (Fsp3) is 0.333. The monoisotopic (exact) mass is 451 g/mol. The molecule has 0 spiro atoms. The third-order valence-electron chi connectivity index (χ3n) is 6.11. The molecule has 2 heterocycles. The molecule has 0 radical (unpaired) electrons. The van der Waals surface area contributed by atoms with Gasteiger partial charge in [-0.1, -0.05) is 36.1 Å². The molecule has 0 bridgehead atoms. The summed E-state index contributed by atoms with van der Waals surface area (Å²) in [6, 6.07) is 13.1. The molecule has 2 aliphatic rings. The van der Waals surface area contributed by atoms with Crippen LogP contribution in [0.3, 0.4) is 0 Å². The van der Waals surface area contributed by atoms with Crippen LogP contribution in [0, 0.1) is 10.1 Å². The van der Waals surface area contributed by atoms with E-state index in [4.69, 9.17) is 4.74 Å². The van der Waals surface area contributed by atoms with Gasteiger partial charge in [0, 0.05) is 30.7 Å². The maximum absolute atomic E-state index is 13.3. The molecule has 2 saturated heterocycles. The quantitative estimate of drug-likeness (QED) is 0.210. The van der Waals surface area contributed by atoms with Crippen LogP contribution >= 0.6 is 0 Å².